The second-order valence-electron chi connectivity index (χ2n) is 4.52. The van der Waals surface area contributed by atoms with Crippen LogP contribution in [-0.4, -0.2) is 34.3 Å². The maximum Gasteiger partial charge on any atom is 0.407 e. The van der Waals surface area contributed by atoms with Crippen molar-refractivity contribution in [2.45, 2.75) is 18.5 Å². The minimum atomic E-state index is -1.98. The number of carbonyl (C=O) groups is 1. The SMILES string of the molecule is O=C(O)N1CCC(F)(c2cc(F)c(O)c(F)c2)CC1. The minimum Gasteiger partial charge on any atom is -0.503 e. The van der Waals surface area contributed by atoms with Gasteiger partial charge in [-0.3, -0.25) is 0 Å². The van der Waals surface area contributed by atoms with E-state index in [0.717, 1.165) is 17.0 Å². The number of hydrogen-bond donors (Lipinski definition) is 2. The van der Waals surface area contributed by atoms with Gasteiger partial charge < -0.3 is 15.1 Å². The summed E-state index contributed by atoms with van der Waals surface area (Å²) >= 11 is 0. The minimum absolute atomic E-state index is 0.0457. The van der Waals surface area contributed by atoms with E-state index in [9.17, 15) is 18.0 Å². The normalized spacial score (nSPS) is 18.4. The van der Waals surface area contributed by atoms with Crippen LogP contribution in [0.4, 0.5) is 18.0 Å². The Morgan fingerprint density at radius 2 is 1.68 bits per heavy atom. The van der Waals surface area contributed by atoms with Gasteiger partial charge >= 0.3 is 6.09 Å². The third-order valence-electron chi connectivity index (χ3n) is 3.36. The number of phenols is 1. The van der Waals surface area contributed by atoms with Crippen molar-refractivity contribution in [1.82, 2.24) is 4.90 Å². The maximum atomic E-state index is 14.6. The summed E-state index contributed by atoms with van der Waals surface area (Å²) in [4.78, 5) is 11.8. The number of benzene rings is 1. The lowest BCUT2D eigenvalue weighted by molar-refractivity contribution is 0.0546. The van der Waals surface area contributed by atoms with E-state index in [2.05, 4.69) is 0 Å². The molecule has 0 unspecified atom stereocenters. The molecule has 1 heterocycles. The van der Waals surface area contributed by atoms with Gasteiger partial charge in [-0.25, -0.2) is 18.0 Å². The molecule has 1 aliphatic heterocycles. The van der Waals surface area contributed by atoms with Crippen LogP contribution in [0, 0.1) is 11.6 Å². The second kappa shape index (κ2) is 4.64. The summed E-state index contributed by atoms with van der Waals surface area (Å²) in [6, 6.07) is 1.49. The molecule has 0 bridgehead atoms. The van der Waals surface area contributed by atoms with Gasteiger partial charge in [-0.15, -0.1) is 0 Å². The Morgan fingerprint density at radius 1 is 1.21 bits per heavy atom. The van der Waals surface area contributed by atoms with Crippen molar-refractivity contribution >= 4 is 6.09 Å². The van der Waals surface area contributed by atoms with Crippen LogP contribution in [0.2, 0.25) is 0 Å². The molecular formula is C12H12F3NO3. The molecular weight excluding hydrogens is 263 g/mol. The van der Waals surface area contributed by atoms with Gasteiger partial charge in [0, 0.05) is 25.9 Å². The number of piperidine rings is 1. The predicted octanol–water partition coefficient (Wildman–Crippen LogP) is 2.61. The number of nitrogens with zero attached hydrogens (tertiary/aromatic N) is 1. The molecule has 1 saturated heterocycles. The maximum absolute atomic E-state index is 14.6. The van der Waals surface area contributed by atoms with E-state index in [1.54, 1.807) is 0 Å². The number of rotatable bonds is 1. The molecule has 1 amide bonds. The average Bonchev–Trinajstić information content (AvgIpc) is 2.35. The van der Waals surface area contributed by atoms with Crippen molar-refractivity contribution in [2.75, 3.05) is 13.1 Å². The van der Waals surface area contributed by atoms with Gasteiger partial charge in [-0.2, -0.15) is 0 Å². The Hall–Kier alpha value is -1.92. The predicted molar refractivity (Wildman–Crippen MR) is 59.6 cm³/mol. The summed E-state index contributed by atoms with van der Waals surface area (Å²) in [7, 11) is 0. The fourth-order valence-corrected chi connectivity index (χ4v) is 2.17. The summed E-state index contributed by atoms with van der Waals surface area (Å²) in [6.45, 7) is -0.0914. The molecule has 0 aromatic heterocycles. The molecule has 2 rings (SSSR count). The lowest BCUT2D eigenvalue weighted by Gasteiger charge is -2.35. The molecule has 1 aliphatic rings. The van der Waals surface area contributed by atoms with Crippen LogP contribution >= 0.6 is 0 Å². The van der Waals surface area contributed by atoms with E-state index in [4.69, 9.17) is 10.2 Å². The summed E-state index contributed by atoms with van der Waals surface area (Å²) in [5.41, 5.74) is -2.20. The third kappa shape index (κ3) is 2.45. The van der Waals surface area contributed by atoms with Crippen LogP contribution in [-0.2, 0) is 5.67 Å². The molecule has 1 fully saturated rings. The molecule has 19 heavy (non-hydrogen) atoms. The fraction of sp³-hybridized carbons (Fsp3) is 0.417. The Labute approximate surface area is 107 Å². The van der Waals surface area contributed by atoms with E-state index in [1.165, 1.54) is 0 Å². The van der Waals surface area contributed by atoms with Crippen molar-refractivity contribution < 1.29 is 28.2 Å². The molecule has 0 spiro atoms. The van der Waals surface area contributed by atoms with E-state index in [1.807, 2.05) is 0 Å². The number of carboxylic acid groups (broad SMARTS) is 1. The van der Waals surface area contributed by atoms with Gasteiger partial charge in [0.25, 0.3) is 0 Å². The first-order valence-electron chi connectivity index (χ1n) is 5.69. The number of aromatic hydroxyl groups is 1. The van der Waals surface area contributed by atoms with Crippen molar-refractivity contribution in [3.63, 3.8) is 0 Å². The molecule has 0 radical (unpaired) electrons. The first-order valence-corrected chi connectivity index (χ1v) is 5.69. The third-order valence-corrected chi connectivity index (χ3v) is 3.36. The Balaban J connectivity index is 2.25. The van der Waals surface area contributed by atoms with Gasteiger partial charge in [0.15, 0.2) is 17.4 Å². The lowest BCUT2D eigenvalue weighted by atomic mass is 9.86. The number of alkyl halides is 1. The van der Waals surface area contributed by atoms with Gasteiger partial charge in [-0.05, 0) is 17.7 Å². The van der Waals surface area contributed by atoms with Crippen molar-refractivity contribution in [2.24, 2.45) is 0 Å². The van der Waals surface area contributed by atoms with Gasteiger partial charge in [0.2, 0.25) is 0 Å². The Morgan fingerprint density at radius 3 is 2.11 bits per heavy atom. The number of phenolic OH excluding ortho intramolecular Hbond substituents is 1. The molecule has 1 aromatic rings. The molecule has 0 saturated carbocycles. The number of likely N-dealkylation sites (tertiary alicyclic amines) is 1. The Bertz CT molecular complexity index is 490. The highest BCUT2D eigenvalue weighted by molar-refractivity contribution is 5.65. The molecule has 1 aromatic carbocycles. The summed E-state index contributed by atoms with van der Waals surface area (Å²) in [5, 5.41) is 17.7. The standard InChI is InChI=1S/C12H12F3NO3/c13-8-5-7(6-9(14)10(8)17)12(15)1-3-16(4-2-12)11(18)19/h5-6,17H,1-4H2,(H,18,19). The zero-order valence-electron chi connectivity index (χ0n) is 9.87. The first-order chi connectivity index (χ1) is 8.83. The number of halogens is 3. The van der Waals surface area contributed by atoms with Crippen LogP contribution in [0.3, 0.4) is 0 Å². The zero-order chi connectivity index (χ0) is 14.2. The smallest absolute Gasteiger partial charge is 0.407 e. The topological polar surface area (TPSA) is 60.8 Å². The van der Waals surface area contributed by atoms with E-state index >= 15 is 0 Å². The highest BCUT2D eigenvalue weighted by Crippen LogP contribution is 2.39. The zero-order valence-corrected chi connectivity index (χ0v) is 9.87. The quantitative estimate of drug-likeness (QED) is 0.828. The Kier molecular flexibility index (Phi) is 3.30. The van der Waals surface area contributed by atoms with Crippen molar-refractivity contribution in [3.8, 4) is 5.75 Å². The van der Waals surface area contributed by atoms with Crippen molar-refractivity contribution in [3.05, 3.63) is 29.3 Å². The van der Waals surface area contributed by atoms with Crippen molar-refractivity contribution in [1.29, 1.82) is 0 Å². The largest absolute Gasteiger partial charge is 0.503 e. The number of amides is 1. The highest BCUT2D eigenvalue weighted by Gasteiger charge is 2.38. The van der Waals surface area contributed by atoms with E-state index in [-0.39, 0.29) is 31.5 Å². The van der Waals surface area contributed by atoms with Crippen LogP contribution in [0.5, 0.6) is 5.75 Å². The fourth-order valence-electron chi connectivity index (χ4n) is 2.17. The summed E-state index contributed by atoms with van der Waals surface area (Å²) < 4.78 is 41.0. The number of hydrogen-bond acceptors (Lipinski definition) is 2. The van der Waals surface area contributed by atoms with Gasteiger partial charge in [-0.1, -0.05) is 0 Å². The van der Waals surface area contributed by atoms with Crippen LogP contribution in [0.15, 0.2) is 12.1 Å². The molecule has 2 N–H and O–H groups in total. The average molecular weight is 275 g/mol. The highest BCUT2D eigenvalue weighted by atomic mass is 19.1. The molecule has 4 nitrogen and oxygen atoms in total. The summed E-state index contributed by atoms with van der Waals surface area (Å²) in [5.74, 6) is -3.60. The monoisotopic (exact) mass is 275 g/mol. The van der Waals surface area contributed by atoms with Gasteiger partial charge in [0.05, 0.1) is 0 Å². The molecule has 104 valence electrons. The first kappa shape index (κ1) is 13.5. The van der Waals surface area contributed by atoms with Gasteiger partial charge in [0.1, 0.15) is 5.67 Å². The van der Waals surface area contributed by atoms with E-state index in [0.29, 0.717) is 0 Å². The molecule has 0 aliphatic carbocycles. The van der Waals surface area contributed by atoms with Crippen LogP contribution < -0.4 is 0 Å². The lowest BCUT2D eigenvalue weighted by Crippen LogP contribution is -2.42. The van der Waals surface area contributed by atoms with E-state index < -0.39 is 29.1 Å². The van der Waals surface area contributed by atoms with Crippen LogP contribution in [0.25, 0.3) is 0 Å². The second-order valence-corrected chi connectivity index (χ2v) is 4.52. The summed E-state index contributed by atoms with van der Waals surface area (Å²) in [6.07, 6.45) is -1.50. The molecule has 0 atom stereocenters. The van der Waals surface area contributed by atoms with Crippen LogP contribution in [0.1, 0.15) is 18.4 Å². The molecule has 7 heteroatoms.